The summed E-state index contributed by atoms with van der Waals surface area (Å²) >= 11 is 0. The molecule has 1 fully saturated rings. The second-order valence-corrected chi connectivity index (χ2v) is 7.80. The van der Waals surface area contributed by atoms with E-state index in [0.717, 1.165) is 48.3 Å². The van der Waals surface area contributed by atoms with Crippen LogP contribution in [0.1, 0.15) is 45.6 Å². The minimum Gasteiger partial charge on any atom is -0.330 e. The lowest BCUT2D eigenvalue weighted by Gasteiger charge is -2.24. The monoisotopic (exact) mass is 366 g/mol. The first-order chi connectivity index (χ1) is 13.0. The zero-order valence-electron chi connectivity index (χ0n) is 16.0. The van der Waals surface area contributed by atoms with E-state index < -0.39 is 0 Å². The summed E-state index contributed by atoms with van der Waals surface area (Å²) < 4.78 is 1.72. The van der Waals surface area contributed by atoms with E-state index in [1.54, 1.807) is 9.47 Å². The molecule has 2 aliphatic rings. The topological polar surface area (TPSA) is 67.2 Å². The van der Waals surface area contributed by atoms with Crippen LogP contribution in [0.25, 0.3) is 0 Å². The van der Waals surface area contributed by atoms with Crippen molar-refractivity contribution in [2.45, 2.75) is 46.3 Å². The predicted octanol–water partition coefficient (Wildman–Crippen LogP) is 2.02. The Balaban J connectivity index is 1.58. The fourth-order valence-corrected chi connectivity index (χ4v) is 4.13. The SMILES string of the molecule is Cc1cc2c(cn1)CN(C(=O)c1c(C)ccn(CC3CCCNC3)c1=O)C2. The number of nitrogens with zero attached hydrogens (tertiary/aromatic N) is 3. The first-order valence-corrected chi connectivity index (χ1v) is 9.67. The van der Waals surface area contributed by atoms with E-state index >= 15 is 0 Å². The van der Waals surface area contributed by atoms with E-state index in [4.69, 9.17) is 0 Å². The molecule has 6 nitrogen and oxygen atoms in total. The Hall–Kier alpha value is -2.47. The molecule has 0 spiro atoms. The Morgan fingerprint density at radius 3 is 2.89 bits per heavy atom. The van der Waals surface area contributed by atoms with Crippen molar-refractivity contribution in [2.24, 2.45) is 5.92 Å². The Kier molecular flexibility index (Phi) is 4.83. The molecule has 1 amide bonds. The standard InChI is InChI=1S/C21H26N4O2/c1-14-5-7-24(11-16-4-3-6-22-9-16)20(26)19(14)21(27)25-12-17-8-15(2)23-10-18(17)13-25/h5,7-8,10,16,22H,3-4,6,9,11-13H2,1-2H3. The van der Waals surface area contributed by atoms with E-state index in [1.165, 1.54) is 0 Å². The van der Waals surface area contributed by atoms with Gasteiger partial charge < -0.3 is 14.8 Å². The Morgan fingerprint density at radius 2 is 2.11 bits per heavy atom. The van der Waals surface area contributed by atoms with Crippen LogP contribution >= 0.6 is 0 Å². The number of pyridine rings is 2. The van der Waals surface area contributed by atoms with Gasteiger partial charge in [0.1, 0.15) is 5.56 Å². The molecule has 0 saturated carbocycles. The molecule has 1 unspecified atom stereocenters. The molecule has 4 heterocycles. The smallest absolute Gasteiger partial charge is 0.263 e. The van der Waals surface area contributed by atoms with Crippen molar-refractivity contribution in [1.29, 1.82) is 0 Å². The zero-order valence-corrected chi connectivity index (χ0v) is 16.0. The Labute approximate surface area is 159 Å². The van der Waals surface area contributed by atoms with Crippen molar-refractivity contribution in [3.63, 3.8) is 0 Å². The molecule has 27 heavy (non-hydrogen) atoms. The van der Waals surface area contributed by atoms with Gasteiger partial charge in [0.15, 0.2) is 0 Å². The fraction of sp³-hybridized carbons (Fsp3) is 0.476. The molecule has 1 N–H and O–H groups in total. The third-order valence-electron chi connectivity index (χ3n) is 5.67. The van der Waals surface area contributed by atoms with Crippen LogP contribution in [0.2, 0.25) is 0 Å². The van der Waals surface area contributed by atoms with Gasteiger partial charge in [0.05, 0.1) is 0 Å². The summed E-state index contributed by atoms with van der Waals surface area (Å²) in [7, 11) is 0. The number of fused-ring (bicyclic) bond motifs is 1. The van der Waals surface area contributed by atoms with Gasteiger partial charge in [0, 0.05) is 37.7 Å². The van der Waals surface area contributed by atoms with Crippen LogP contribution in [0.4, 0.5) is 0 Å². The molecular weight excluding hydrogens is 340 g/mol. The van der Waals surface area contributed by atoms with E-state index in [0.29, 0.717) is 31.1 Å². The summed E-state index contributed by atoms with van der Waals surface area (Å²) in [5, 5.41) is 3.39. The lowest BCUT2D eigenvalue weighted by Crippen LogP contribution is -2.38. The van der Waals surface area contributed by atoms with Gasteiger partial charge in [-0.1, -0.05) is 0 Å². The number of hydrogen-bond donors (Lipinski definition) is 1. The maximum atomic E-state index is 13.2. The van der Waals surface area contributed by atoms with Gasteiger partial charge >= 0.3 is 0 Å². The number of carbonyl (C=O) groups is 1. The molecule has 1 atom stereocenters. The van der Waals surface area contributed by atoms with Gasteiger partial charge in [0.25, 0.3) is 11.5 Å². The molecule has 1 saturated heterocycles. The molecule has 4 rings (SSSR count). The highest BCUT2D eigenvalue weighted by atomic mass is 16.2. The molecule has 2 aromatic heterocycles. The molecule has 0 radical (unpaired) electrons. The summed E-state index contributed by atoms with van der Waals surface area (Å²) in [6.45, 7) is 7.49. The van der Waals surface area contributed by atoms with Crippen LogP contribution in [0, 0.1) is 19.8 Å². The third kappa shape index (κ3) is 3.54. The lowest BCUT2D eigenvalue weighted by molar-refractivity contribution is 0.0748. The maximum absolute atomic E-state index is 13.2. The van der Waals surface area contributed by atoms with Crippen LogP contribution in [-0.2, 0) is 19.6 Å². The molecule has 6 heteroatoms. The second-order valence-electron chi connectivity index (χ2n) is 7.80. The largest absolute Gasteiger partial charge is 0.330 e. The van der Waals surface area contributed by atoms with Crippen molar-refractivity contribution in [3.8, 4) is 0 Å². The number of aryl methyl sites for hydroxylation is 2. The van der Waals surface area contributed by atoms with Crippen molar-refractivity contribution in [2.75, 3.05) is 13.1 Å². The predicted molar refractivity (Wildman–Crippen MR) is 104 cm³/mol. The van der Waals surface area contributed by atoms with Crippen molar-refractivity contribution in [1.82, 2.24) is 19.8 Å². The zero-order chi connectivity index (χ0) is 19.0. The highest BCUT2D eigenvalue weighted by molar-refractivity contribution is 5.95. The van der Waals surface area contributed by atoms with Crippen LogP contribution < -0.4 is 10.9 Å². The highest BCUT2D eigenvalue weighted by Gasteiger charge is 2.28. The number of hydrogen-bond acceptors (Lipinski definition) is 4. The Bertz CT molecular complexity index is 928. The number of aromatic nitrogens is 2. The van der Waals surface area contributed by atoms with Gasteiger partial charge in [0.2, 0.25) is 0 Å². The van der Waals surface area contributed by atoms with Gasteiger partial charge in [-0.25, -0.2) is 0 Å². The van der Waals surface area contributed by atoms with Gasteiger partial charge in [-0.15, -0.1) is 0 Å². The molecule has 0 bridgehead atoms. The van der Waals surface area contributed by atoms with Crippen molar-refractivity contribution in [3.05, 3.63) is 62.8 Å². The van der Waals surface area contributed by atoms with Crippen molar-refractivity contribution >= 4 is 5.91 Å². The Morgan fingerprint density at radius 1 is 1.30 bits per heavy atom. The van der Waals surface area contributed by atoms with Gasteiger partial charge in [-0.05, 0) is 74.5 Å². The number of piperidine rings is 1. The maximum Gasteiger partial charge on any atom is 0.263 e. The average Bonchev–Trinajstić information content (AvgIpc) is 3.08. The number of amides is 1. The normalized spacial score (nSPS) is 19.2. The summed E-state index contributed by atoms with van der Waals surface area (Å²) in [5.41, 5.74) is 4.01. The number of nitrogens with one attached hydrogen (secondary N) is 1. The van der Waals surface area contributed by atoms with Crippen LogP contribution in [-0.4, -0.2) is 33.4 Å². The molecule has 0 aromatic carbocycles. The minimum atomic E-state index is -0.178. The summed E-state index contributed by atoms with van der Waals surface area (Å²) in [6.07, 6.45) is 5.92. The first-order valence-electron chi connectivity index (χ1n) is 9.67. The molecule has 142 valence electrons. The third-order valence-corrected chi connectivity index (χ3v) is 5.67. The van der Waals surface area contributed by atoms with Crippen LogP contribution in [0.3, 0.4) is 0 Å². The summed E-state index contributed by atoms with van der Waals surface area (Å²) in [6, 6.07) is 3.91. The number of carbonyl (C=O) groups excluding carboxylic acids is 1. The average molecular weight is 366 g/mol. The van der Waals surface area contributed by atoms with Crippen LogP contribution in [0.15, 0.2) is 29.3 Å². The van der Waals surface area contributed by atoms with Crippen LogP contribution in [0.5, 0.6) is 0 Å². The van der Waals surface area contributed by atoms with Gasteiger partial charge in [-0.3, -0.25) is 14.6 Å². The van der Waals surface area contributed by atoms with E-state index in [-0.39, 0.29) is 11.5 Å². The quantitative estimate of drug-likeness (QED) is 0.902. The first kappa shape index (κ1) is 17.9. The van der Waals surface area contributed by atoms with E-state index in [9.17, 15) is 9.59 Å². The molecular formula is C21H26N4O2. The second kappa shape index (κ2) is 7.27. The highest BCUT2D eigenvalue weighted by Crippen LogP contribution is 2.24. The fourth-order valence-electron chi connectivity index (χ4n) is 4.13. The molecule has 2 aliphatic heterocycles. The molecule has 2 aromatic rings. The van der Waals surface area contributed by atoms with Crippen molar-refractivity contribution < 1.29 is 4.79 Å². The van der Waals surface area contributed by atoms with E-state index in [2.05, 4.69) is 10.3 Å². The molecule has 0 aliphatic carbocycles. The lowest BCUT2D eigenvalue weighted by atomic mass is 9.99. The minimum absolute atomic E-state index is 0.171. The van der Waals surface area contributed by atoms with Gasteiger partial charge in [-0.2, -0.15) is 0 Å². The summed E-state index contributed by atoms with van der Waals surface area (Å²) in [5.74, 6) is 0.259. The van der Waals surface area contributed by atoms with E-state index in [1.807, 2.05) is 38.4 Å². The summed E-state index contributed by atoms with van der Waals surface area (Å²) in [4.78, 5) is 32.3. The number of rotatable bonds is 3.